The molecule has 2 N–H and O–H groups in total. The van der Waals surface area contributed by atoms with E-state index in [1.807, 2.05) is 44.2 Å². The lowest BCUT2D eigenvalue weighted by Gasteiger charge is -2.18. The molecule has 0 radical (unpaired) electrons. The molecule has 0 atom stereocenters. The van der Waals surface area contributed by atoms with Crippen molar-refractivity contribution >= 4 is 17.7 Å². The van der Waals surface area contributed by atoms with Crippen molar-refractivity contribution in [2.24, 2.45) is 0 Å². The third kappa shape index (κ3) is 5.81. The van der Waals surface area contributed by atoms with E-state index in [1.165, 1.54) is 6.07 Å². The molecule has 3 aromatic rings. The van der Waals surface area contributed by atoms with Crippen LogP contribution in [0.1, 0.15) is 40.3 Å². The molecule has 1 aromatic heterocycles. The van der Waals surface area contributed by atoms with Crippen LogP contribution in [0.15, 0.2) is 65.2 Å². The van der Waals surface area contributed by atoms with Gasteiger partial charge in [0.25, 0.3) is 11.8 Å². The van der Waals surface area contributed by atoms with Crippen molar-refractivity contribution < 1.29 is 18.9 Å². The molecule has 0 fully saturated rings. The first-order valence-electron chi connectivity index (χ1n) is 10.5. The van der Waals surface area contributed by atoms with Gasteiger partial charge in [0, 0.05) is 36.8 Å². The Morgan fingerprint density at radius 1 is 0.938 bits per heavy atom. The van der Waals surface area contributed by atoms with Crippen molar-refractivity contribution in [2.75, 3.05) is 19.6 Å². The minimum atomic E-state index is -0.495. The molecule has 0 saturated carbocycles. The minimum absolute atomic E-state index is 0.0171. The molecule has 32 heavy (non-hydrogen) atoms. The predicted octanol–water partition coefficient (Wildman–Crippen LogP) is 2.87. The SMILES string of the molecule is CCN(CC)C(=O)c1ccc(CNC(=O)CNC(=O)c2cc(-c3ccccc3)on2)cc1. The summed E-state index contributed by atoms with van der Waals surface area (Å²) >= 11 is 0. The van der Waals surface area contributed by atoms with Crippen molar-refractivity contribution in [3.8, 4) is 11.3 Å². The van der Waals surface area contributed by atoms with Crippen molar-refractivity contribution in [1.29, 1.82) is 0 Å². The van der Waals surface area contributed by atoms with E-state index in [1.54, 1.807) is 29.2 Å². The Morgan fingerprint density at radius 2 is 1.62 bits per heavy atom. The Hall–Kier alpha value is -3.94. The third-order valence-corrected chi connectivity index (χ3v) is 4.95. The second-order valence-electron chi connectivity index (χ2n) is 7.08. The number of benzene rings is 2. The summed E-state index contributed by atoms with van der Waals surface area (Å²) in [5, 5.41) is 9.02. The Bertz CT molecular complexity index is 1060. The zero-order chi connectivity index (χ0) is 22.9. The summed E-state index contributed by atoms with van der Waals surface area (Å²) in [6, 6.07) is 17.9. The van der Waals surface area contributed by atoms with Gasteiger partial charge in [-0.15, -0.1) is 0 Å². The van der Waals surface area contributed by atoms with Crippen LogP contribution in [0.3, 0.4) is 0 Å². The van der Waals surface area contributed by atoms with E-state index in [4.69, 9.17) is 4.52 Å². The maximum absolute atomic E-state index is 12.3. The third-order valence-electron chi connectivity index (χ3n) is 4.95. The fourth-order valence-electron chi connectivity index (χ4n) is 3.09. The first kappa shape index (κ1) is 22.7. The van der Waals surface area contributed by atoms with E-state index in [-0.39, 0.29) is 30.6 Å². The van der Waals surface area contributed by atoms with Crippen LogP contribution in [0.4, 0.5) is 0 Å². The van der Waals surface area contributed by atoms with E-state index in [2.05, 4.69) is 15.8 Å². The lowest BCUT2D eigenvalue weighted by atomic mass is 10.1. The molecule has 2 aromatic carbocycles. The summed E-state index contributed by atoms with van der Waals surface area (Å²) < 4.78 is 5.20. The van der Waals surface area contributed by atoms with Crippen LogP contribution >= 0.6 is 0 Å². The number of carbonyl (C=O) groups excluding carboxylic acids is 3. The van der Waals surface area contributed by atoms with Crippen LogP contribution in [0.2, 0.25) is 0 Å². The molecular formula is C24H26N4O4. The fraction of sp³-hybridized carbons (Fsp3) is 0.250. The second-order valence-corrected chi connectivity index (χ2v) is 7.08. The molecule has 0 aliphatic rings. The summed E-state index contributed by atoms with van der Waals surface area (Å²) in [5.41, 5.74) is 2.37. The normalized spacial score (nSPS) is 10.4. The van der Waals surface area contributed by atoms with E-state index >= 15 is 0 Å². The van der Waals surface area contributed by atoms with Gasteiger partial charge in [0.2, 0.25) is 5.91 Å². The second kappa shape index (κ2) is 10.9. The van der Waals surface area contributed by atoms with Gasteiger partial charge in [-0.25, -0.2) is 0 Å². The van der Waals surface area contributed by atoms with Gasteiger partial charge in [0.15, 0.2) is 11.5 Å². The largest absolute Gasteiger partial charge is 0.355 e. The molecule has 8 nitrogen and oxygen atoms in total. The highest BCUT2D eigenvalue weighted by Gasteiger charge is 2.15. The molecule has 166 valence electrons. The number of amides is 3. The van der Waals surface area contributed by atoms with Crippen molar-refractivity contribution in [3.05, 3.63) is 77.5 Å². The van der Waals surface area contributed by atoms with Gasteiger partial charge < -0.3 is 20.1 Å². The lowest BCUT2D eigenvalue weighted by Crippen LogP contribution is -2.36. The Morgan fingerprint density at radius 3 is 2.28 bits per heavy atom. The monoisotopic (exact) mass is 434 g/mol. The van der Waals surface area contributed by atoms with Gasteiger partial charge in [0.05, 0.1) is 6.54 Å². The highest BCUT2D eigenvalue weighted by atomic mass is 16.5. The van der Waals surface area contributed by atoms with Crippen LogP contribution in [0.25, 0.3) is 11.3 Å². The lowest BCUT2D eigenvalue weighted by molar-refractivity contribution is -0.120. The van der Waals surface area contributed by atoms with Gasteiger partial charge >= 0.3 is 0 Å². The van der Waals surface area contributed by atoms with Gasteiger partial charge in [-0.3, -0.25) is 14.4 Å². The number of hydrogen-bond donors (Lipinski definition) is 2. The summed E-state index contributed by atoms with van der Waals surface area (Å²) in [7, 11) is 0. The highest BCUT2D eigenvalue weighted by Crippen LogP contribution is 2.19. The average Bonchev–Trinajstić information content (AvgIpc) is 3.33. The number of nitrogens with zero attached hydrogens (tertiary/aromatic N) is 2. The van der Waals surface area contributed by atoms with Crippen LogP contribution in [-0.2, 0) is 11.3 Å². The molecule has 0 bridgehead atoms. The average molecular weight is 434 g/mol. The quantitative estimate of drug-likeness (QED) is 0.539. The van der Waals surface area contributed by atoms with E-state index in [0.717, 1.165) is 11.1 Å². The van der Waals surface area contributed by atoms with Gasteiger partial charge in [-0.05, 0) is 31.5 Å². The zero-order valence-electron chi connectivity index (χ0n) is 18.1. The van der Waals surface area contributed by atoms with Gasteiger partial charge in [0.1, 0.15) is 0 Å². The molecule has 0 spiro atoms. The molecule has 1 heterocycles. The summed E-state index contributed by atoms with van der Waals surface area (Å²) in [6.45, 7) is 5.28. The summed E-state index contributed by atoms with van der Waals surface area (Å²) in [4.78, 5) is 38.4. The molecule has 3 rings (SSSR count). The number of carbonyl (C=O) groups is 3. The van der Waals surface area contributed by atoms with Crippen molar-refractivity contribution in [1.82, 2.24) is 20.7 Å². The first-order valence-corrected chi connectivity index (χ1v) is 10.5. The topological polar surface area (TPSA) is 105 Å². The maximum Gasteiger partial charge on any atom is 0.273 e. The van der Waals surface area contributed by atoms with Crippen LogP contribution in [0.5, 0.6) is 0 Å². The van der Waals surface area contributed by atoms with E-state index in [0.29, 0.717) is 24.4 Å². The summed E-state index contributed by atoms with van der Waals surface area (Å²) in [5.74, 6) is -0.376. The smallest absolute Gasteiger partial charge is 0.273 e. The molecule has 8 heteroatoms. The van der Waals surface area contributed by atoms with Gasteiger partial charge in [-0.2, -0.15) is 0 Å². The Balaban J connectivity index is 1.46. The van der Waals surface area contributed by atoms with Crippen LogP contribution in [-0.4, -0.2) is 47.4 Å². The highest BCUT2D eigenvalue weighted by molar-refractivity contribution is 5.95. The molecule has 3 amide bonds. The first-order chi connectivity index (χ1) is 15.5. The molecule has 0 saturated heterocycles. The van der Waals surface area contributed by atoms with Crippen molar-refractivity contribution in [3.63, 3.8) is 0 Å². The standard InChI is InChI=1S/C24H26N4O4/c1-3-28(4-2)24(31)19-12-10-17(11-13-19)15-25-22(29)16-26-23(30)20-14-21(32-27-20)18-8-6-5-7-9-18/h5-14H,3-4,15-16H2,1-2H3,(H,25,29)(H,26,30). The fourth-order valence-corrected chi connectivity index (χ4v) is 3.09. The van der Waals surface area contributed by atoms with Gasteiger partial charge in [-0.1, -0.05) is 47.6 Å². The number of aromatic nitrogens is 1. The van der Waals surface area contributed by atoms with Crippen LogP contribution < -0.4 is 10.6 Å². The predicted molar refractivity (Wildman–Crippen MR) is 120 cm³/mol. The minimum Gasteiger partial charge on any atom is -0.355 e. The summed E-state index contributed by atoms with van der Waals surface area (Å²) in [6.07, 6.45) is 0. The Kier molecular flexibility index (Phi) is 7.75. The van der Waals surface area contributed by atoms with Crippen LogP contribution in [0, 0.1) is 0 Å². The zero-order valence-corrected chi connectivity index (χ0v) is 18.1. The van der Waals surface area contributed by atoms with E-state index < -0.39 is 5.91 Å². The molecular weight excluding hydrogens is 408 g/mol. The molecule has 0 unspecified atom stereocenters. The van der Waals surface area contributed by atoms with Crippen molar-refractivity contribution in [2.45, 2.75) is 20.4 Å². The Labute approximate surface area is 186 Å². The number of rotatable bonds is 9. The molecule has 0 aliphatic heterocycles. The maximum atomic E-state index is 12.3. The van der Waals surface area contributed by atoms with E-state index in [9.17, 15) is 14.4 Å². The number of nitrogens with one attached hydrogen (secondary N) is 2. The number of hydrogen-bond acceptors (Lipinski definition) is 5. The molecule has 0 aliphatic carbocycles.